The van der Waals surface area contributed by atoms with Crippen molar-refractivity contribution in [3.63, 3.8) is 0 Å². The highest BCUT2D eigenvalue weighted by molar-refractivity contribution is 6.31. The number of anilines is 1. The lowest BCUT2D eigenvalue weighted by atomic mass is 10.2. The highest BCUT2D eigenvalue weighted by Crippen LogP contribution is 2.18. The zero-order valence-corrected chi connectivity index (χ0v) is 8.32. The van der Waals surface area contributed by atoms with Gasteiger partial charge in [-0.1, -0.05) is 11.6 Å². The molecule has 0 radical (unpaired) electrons. The molecule has 0 amide bonds. The van der Waals surface area contributed by atoms with Crippen LogP contribution in [0.15, 0.2) is 6.07 Å². The topological polar surface area (TPSA) is 76.2 Å². The largest absolute Gasteiger partial charge is 0.478 e. The monoisotopic (exact) mass is 222 g/mol. The number of aromatic carboxylic acids is 1. The van der Waals surface area contributed by atoms with Crippen LogP contribution >= 0.6 is 24.0 Å². The number of aryl methyl sites for hydroxylation is 1. The molecule has 1 heterocycles. The summed E-state index contributed by atoms with van der Waals surface area (Å²) in [7, 11) is 0. The molecule has 0 aromatic carbocycles. The van der Waals surface area contributed by atoms with Gasteiger partial charge in [0.25, 0.3) is 0 Å². The summed E-state index contributed by atoms with van der Waals surface area (Å²) in [6, 6.07) is 1.29. The first-order valence-electron chi connectivity index (χ1n) is 3.18. The van der Waals surface area contributed by atoms with Gasteiger partial charge in [0.15, 0.2) is 0 Å². The summed E-state index contributed by atoms with van der Waals surface area (Å²) < 4.78 is 0. The summed E-state index contributed by atoms with van der Waals surface area (Å²) >= 11 is 5.65. The molecule has 0 atom stereocenters. The van der Waals surface area contributed by atoms with Gasteiger partial charge in [0, 0.05) is 0 Å². The second-order valence-electron chi connectivity index (χ2n) is 2.29. The molecule has 0 fully saturated rings. The fourth-order valence-corrected chi connectivity index (χ4v) is 0.922. The summed E-state index contributed by atoms with van der Waals surface area (Å²) in [5.41, 5.74) is 5.80. The zero-order chi connectivity index (χ0) is 9.30. The number of aromatic nitrogens is 1. The Balaban J connectivity index is 0.00000144. The maximum absolute atomic E-state index is 10.5. The Bertz CT molecular complexity index is 342. The van der Waals surface area contributed by atoms with Gasteiger partial charge >= 0.3 is 5.97 Å². The minimum atomic E-state index is -1.12. The number of hydrogen-bond acceptors (Lipinski definition) is 3. The van der Waals surface area contributed by atoms with E-state index in [2.05, 4.69) is 4.98 Å². The second kappa shape index (κ2) is 4.30. The summed E-state index contributed by atoms with van der Waals surface area (Å²) in [6.45, 7) is 1.66. The number of carboxylic acid groups (broad SMARTS) is 1. The molecule has 1 rings (SSSR count). The van der Waals surface area contributed by atoms with E-state index < -0.39 is 5.97 Å². The fourth-order valence-electron chi connectivity index (χ4n) is 0.771. The van der Waals surface area contributed by atoms with Gasteiger partial charge in [0.05, 0.1) is 10.7 Å². The lowest BCUT2D eigenvalue weighted by molar-refractivity contribution is 0.0697. The molecule has 0 aliphatic rings. The van der Waals surface area contributed by atoms with E-state index in [-0.39, 0.29) is 23.8 Å². The molecule has 0 saturated carbocycles. The van der Waals surface area contributed by atoms with Gasteiger partial charge in [-0.15, -0.1) is 12.4 Å². The third-order valence-electron chi connectivity index (χ3n) is 1.41. The number of carboxylic acids is 1. The zero-order valence-electron chi connectivity index (χ0n) is 6.74. The van der Waals surface area contributed by atoms with Crippen LogP contribution in [-0.2, 0) is 0 Å². The van der Waals surface area contributed by atoms with Gasteiger partial charge in [-0.05, 0) is 13.0 Å². The molecule has 4 nitrogen and oxygen atoms in total. The van der Waals surface area contributed by atoms with Crippen molar-refractivity contribution in [3.8, 4) is 0 Å². The highest BCUT2D eigenvalue weighted by Gasteiger charge is 2.11. The molecule has 0 aliphatic carbocycles. The number of nitrogens with two attached hydrogens (primary N) is 1. The lowest BCUT2D eigenvalue weighted by Gasteiger charge is -2.02. The number of pyridine rings is 1. The van der Waals surface area contributed by atoms with Gasteiger partial charge in [-0.25, -0.2) is 9.78 Å². The second-order valence-corrected chi connectivity index (χ2v) is 2.70. The van der Waals surface area contributed by atoms with Crippen molar-refractivity contribution >= 4 is 35.8 Å². The van der Waals surface area contributed by atoms with Crippen LogP contribution in [0.3, 0.4) is 0 Å². The quantitative estimate of drug-likeness (QED) is 0.760. The van der Waals surface area contributed by atoms with Crippen LogP contribution in [0.1, 0.15) is 16.1 Å². The number of nitrogens with zero attached hydrogens (tertiary/aromatic N) is 1. The Morgan fingerprint density at radius 1 is 1.69 bits per heavy atom. The number of nitrogen functional groups attached to an aromatic ring is 1. The highest BCUT2D eigenvalue weighted by atomic mass is 35.5. The van der Waals surface area contributed by atoms with E-state index in [1.54, 1.807) is 6.92 Å². The van der Waals surface area contributed by atoms with Gasteiger partial charge in [0.1, 0.15) is 11.4 Å². The first-order valence-corrected chi connectivity index (χ1v) is 3.56. The van der Waals surface area contributed by atoms with Crippen molar-refractivity contribution in [2.24, 2.45) is 0 Å². The molecule has 13 heavy (non-hydrogen) atoms. The summed E-state index contributed by atoms with van der Waals surface area (Å²) in [5.74, 6) is -1.13. The third kappa shape index (κ3) is 2.47. The van der Waals surface area contributed by atoms with E-state index in [1.165, 1.54) is 6.07 Å². The Morgan fingerprint density at radius 2 is 2.23 bits per heavy atom. The Labute approximate surface area is 86.1 Å². The lowest BCUT2D eigenvalue weighted by Crippen LogP contribution is -2.05. The average molecular weight is 223 g/mol. The van der Waals surface area contributed by atoms with Crippen molar-refractivity contribution in [2.75, 3.05) is 5.73 Å². The van der Waals surface area contributed by atoms with Crippen molar-refractivity contribution in [3.05, 3.63) is 22.3 Å². The summed E-state index contributed by atoms with van der Waals surface area (Å²) in [4.78, 5) is 14.3. The van der Waals surface area contributed by atoms with E-state index in [0.29, 0.717) is 10.7 Å². The minimum absolute atomic E-state index is 0. The number of rotatable bonds is 1. The molecule has 0 aliphatic heterocycles. The molecular weight excluding hydrogens is 215 g/mol. The van der Waals surface area contributed by atoms with E-state index >= 15 is 0 Å². The molecule has 6 heteroatoms. The molecule has 3 N–H and O–H groups in total. The average Bonchev–Trinajstić information content (AvgIpc) is 1.96. The van der Waals surface area contributed by atoms with Crippen LogP contribution in [0.5, 0.6) is 0 Å². The number of halogens is 2. The first kappa shape index (κ1) is 12.0. The standard InChI is InChI=1S/C7H7ClN2O2.ClH/c1-3-5(8)2-4(7(11)12)6(9)10-3;/h2H,1H3,(H2,9,10)(H,11,12);1H. The van der Waals surface area contributed by atoms with Gasteiger partial charge < -0.3 is 10.8 Å². The fraction of sp³-hybridized carbons (Fsp3) is 0.143. The Hall–Kier alpha value is -1.00. The smallest absolute Gasteiger partial charge is 0.339 e. The van der Waals surface area contributed by atoms with Crippen LogP contribution in [0.4, 0.5) is 5.82 Å². The SMILES string of the molecule is Cc1nc(N)c(C(=O)O)cc1Cl.Cl. The Morgan fingerprint density at radius 3 is 2.69 bits per heavy atom. The van der Waals surface area contributed by atoms with Crippen LogP contribution in [-0.4, -0.2) is 16.1 Å². The molecule has 0 spiro atoms. The molecule has 0 saturated heterocycles. The van der Waals surface area contributed by atoms with Crippen LogP contribution < -0.4 is 5.73 Å². The van der Waals surface area contributed by atoms with Crippen LogP contribution in [0.2, 0.25) is 5.02 Å². The third-order valence-corrected chi connectivity index (χ3v) is 1.79. The molecule has 0 bridgehead atoms. The van der Waals surface area contributed by atoms with Crippen molar-refractivity contribution < 1.29 is 9.90 Å². The normalized spacial score (nSPS) is 9.08. The van der Waals surface area contributed by atoms with Crippen molar-refractivity contribution in [1.82, 2.24) is 4.98 Å². The van der Waals surface area contributed by atoms with Crippen LogP contribution in [0, 0.1) is 6.92 Å². The van der Waals surface area contributed by atoms with Gasteiger partial charge in [0.2, 0.25) is 0 Å². The van der Waals surface area contributed by atoms with Crippen molar-refractivity contribution in [2.45, 2.75) is 6.92 Å². The summed E-state index contributed by atoms with van der Waals surface area (Å²) in [6.07, 6.45) is 0. The van der Waals surface area contributed by atoms with E-state index in [0.717, 1.165) is 0 Å². The number of carbonyl (C=O) groups is 1. The van der Waals surface area contributed by atoms with Gasteiger partial charge in [-0.3, -0.25) is 0 Å². The molecule has 0 unspecified atom stereocenters. The van der Waals surface area contributed by atoms with Gasteiger partial charge in [-0.2, -0.15) is 0 Å². The predicted molar refractivity (Wildman–Crippen MR) is 52.6 cm³/mol. The van der Waals surface area contributed by atoms with Crippen LogP contribution in [0.25, 0.3) is 0 Å². The maximum Gasteiger partial charge on any atom is 0.339 e. The molecular formula is C7H8Cl2N2O2. The predicted octanol–water partition coefficient (Wildman–Crippen LogP) is 1.75. The molecule has 72 valence electrons. The van der Waals surface area contributed by atoms with Crippen molar-refractivity contribution in [1.29, 1.82) is 0 Å². The molecule has 1 aromatic heterocycles. The van der Waals surface area contributed by atoms with E-state index in [9.17, 15) is 4.79 Å². The number of hydrogen-bond donors (Lipinski definition) is 2. The first-order chi connectivity index (χ1) is 5.52. The summed E-state index contributed by atoms with van der Waals surface area (Å²) in [5, 5.41) is 8.91. The van der Waals surface area contributed by atoms with E-state index in [4.69, 9.17) is 22.4 Å². The molecule has 1 aromatic rings. The van der Waals surface area contributed by atoms with E-state index in [1.807, 2.05) is 0 Å². The maximum atomic E-state index is 10.5. The Kier molecular flexibility index (Phi) is 3.97. The minimum Gasteiger partial charge on any atom is -0.478 e.